The van der Waals surface area contributed by atoms with Crippen LogP contribution in [-0.2, 0) is 0 Å². The summed E-state index contributed by atoms with van der Waals surface area (Å²) >= 11 is 0. The second-order valence-corrected chi connectivity index (χ2v) is 6.30. The molecule has 0 spiro atoms. The van der Waals surface area contributed by atoms with Crippen molar-refractivity contribution in [2.75, 3.05) is 11.9 Å². The lowest BCUT2D eigenvalue weighted by Gasteiger charge is -2.11. The normalized spacial score (nSPS) is 12.7. The van der Waals surface area contributed by atoms with E-state index in [1.54, 1.807) is 12.1 Å². The first-order chi connectivity index (χ1) is 14.1. The van der Waals surface area contributed by atoms with E-state index < -0.39 is 4.92 Å². The molecule has 0 amide bonds. The molecule has 144 valence electrons. The lowest BCUT2D eigenvalue weighted by atomic mass is 10.1. The highest BCUT2D eigenvalue weighted by molar-refractivity contribution is 6.19. The van der Waals surface area contributed by atoms with Crippen molar-refractivity contribution in [2.45, 2.75) is 6.92 Å². The standard InChI is InChI=1S/C22H18N4O3/c1-2-29-18-12-13-19-20(14-18)24-22(16-8-10-17(11-9-16)26(27)28)25-21(23-19)15-6-4-3-5-7-15/h3-14H,2H2,1H3,(H,23,24,25). The number of nitro groups is 1. The van der Waals surface area contributed by atoms with E-state index in [4.69, 9.17) is 14.7 Å². The Hall–Kier alpha value is -4.00. The molecule has 1 aliphatic heterocycles. The Balaban J connectivity index is 1.82. The van der Waals surface area contributed by atoms with Crippen LogP contribution in [0.2, 0.25) is 0 Å². The van der Waals surface area contributed by atoms with Crippen LogP contribution in [0.15, 0.2) is 82.8 Å². The number of ether oxygens (including phenoxy) is 1. The number of nitrogens with one attached hydrogen (secondary N) is 1. The van der Waals surface area contributed by atoms with Crippen LogP contribution in [-0.4, -0.2) is 23.2 Å². The number of fused-ring (bicyclic) bond motifs is 1. The third-order valence-corrected chi connectivity index (χ3v) is 4.36. The molecule has 3 aromatic rings. The molecular weight excluding hydrogens is 368 g/mol. The number of non-ortho nitro benzene ring substituents is 1. The fourth-order valence-corrected chi connectivity index (χ4v) is 2.96. The second-order valence-electron chi connectivity index (χ2n) is 6.30. The third kappa shape index (κ3) is 3.98. The van der Waals surface area contributed by atoms with Crippen LogP contribution in [0.5, 0.6) is 5.75 Å². The number of benzene rings is 3. The zero-order valence-electron chi connectivity index (χ0n) is 15.7. The molecule has 0 fully saturated rings. The molecule has 4 rings (SSSR count). The number of amidine groups is 2. The molecule has 0 atom stereocenters. The van der Waals surface area contributed by atoms with Crippen LogP contribution < -0.4 is 10.1 Å². The number of nitro benzene ring substituents is 1. The molecule has 7 nitrogen and oxygen atoms in total. The van der Waals surface area contributed by atoms with E-state index in [0.29, 0.717) is 23.8 Å². The smallest absolute Gasteiger partial charge is 0.269 e. The first-order valence-electron chi connectivity index (χ1n) is 9.15. The zero-order chi connectivity index (χ0) is 20.2. The highest BCUT2D eigenvalue weighted by Gasteiger charge is 2.17. The van der Waals surface area contributed by atoms with Crippen molar-refractivity contribution in [3.8, 4) is 5.75 Å². The van der Waals surface area contributed by atoms with Crippen LogP contribution in [0.4, 0.5) is 17.1 Å². The van der Waals surface area contributed by atoms with Crippen molar-refractivity contribution in [3.63, 3.8) is 0 Å². The van der Waals surface area contributed by atoms with Crippen LogP contribution in [0.1, 0.15) is 18.1 Å². The number of rotatable bonds is 5. The highest BCUT2D eigenvalue weighted by atomic mass is 16.6. The van der Waals surface area contributed by atoms with Crippen LogP contribution in [0, 0.1) is 10.1 Å². The van der Waals surface area contributed by atoms with E-state index in [2.05, 4.69) is 5.32 Å². The quantitative estimate of drug-likeness (QED) is 0.497. The Kier molecular flexibility index (Phi) is 5.03. The minimum Gasteiger partial charge on any atom is -0.494 e. The van der Waals surface area contributed by atoms with Gasteiger partial charge in [0.15, 0.2) is 5.84 Å². The fraction of sp³-hybridized carbons (Fsp3) is 0.0909. The number of anilines is 1. The average Bonchev–Trinajstić information content (AvgIpc) is 2.94. The molecule has 0 aliphatic carbocycles. The molecule has 7 heteroatoms. The Labute approximate surface area is 167 Å². The van der Waals surface area contributed by atoms with E-state index in [1.807, 2.05) is 55.5 Å². The molecule has 29 heavy (non-hydrogen) atoms. The van der Waals surface area contributed by atoms with Gasteiger partial charge in [0.2, 0.25) is 0 Å². The largest absolute Gasteiger partial charge is 0.494 e. The van der Waals surface area contributed by atoms with Crippen molar-refractivity contribution < 1.29 is 9.66 Å². The van der Waals surface area contributed by atoms with Gasteiger partial charge in [-0.05, 0) is 31.2 Å². The molecule has 1 aliphatic rings. The van der Waals surface area contributed by atoms with Gasteiger partial charge < -0.3 is 10.1 Å². The molecule has 0 saturated carbocycles. The summed E-state index contributed by atoms with van der Waals surface area (Å²) in [5, 5.41) is 14.3. The lowest BCUT2D eigenvalue weighted by Crippen LogP contribution is -2.15. The number of hydrogen-bond donors (Lipinski definition) is 1. The summed E-state index contributed by atoms with van der Waals surface area (Å²) < 4.78 is 5.60. The monoisotopic (exact) mass is 386 g/mol. The number of aliphatic imine (C=N–C) groups is 2. The molecule has 0 bridgehead atoms. The van der Waals surface area contributed by atoms with Crippen LogP contribution >= 0.6 is 0 Å². The number of nitrogens with zero attached hydrogens (tertiary/aromatic N) is 3. The van der Waals surface area contributed by atoms with Gasteiger partial charge in [-0.3, -0.25) is 10.1 Å². The molecule has 0 radical (unpaired) electrons. The zero-order valence-corrected chi connectivity index (χ0v) is 15.7. The van der Waals surface area contributed by atoms with Gasteiger partial charge in [-0.1, -0.05) is 30.3 Å². The Morgan fingerprint density at radius 3 is 2.41 bits per heavy atom. The second kappa shape index (κ2) is 7.93. The number of hydrogen-bond acceptors (Lipinski definition) is 6. The van der Waals surface area contributed by atoms with Gasteiger partial charge in [0.25, 0.3) is 5.69 Å². The van der Waals surface area contributed by atoms with E-state index in [9.17, 15) is 10.1 Å². The molecular formula is C22H18N4O3. The van der Waals surface area contributed by atoms with Crippen molar-refractivity contribution in [3.05, 3.63) is 94.0 Å². The summed E-state index contributed by atoms with van der Waals surface area (Å²) in [5.41, 5.74) is 3.09. The fourth-order valence-electron chi connectivity index (χ4n) is 2.96. The topological polar surface area (TPSA) is 89.1 Å². The summed E-state index contributed by atoms with van der Waals surface area (Å²) in [6.45, 7) is 2.48. The first-order valence-corrected chi connectivity index (χ1v) is 9.15. The molecule has 0 saturated heterocycles. The van der Waals surface area contributed by atoms with E-state index in [1.165, 1.54) is 12.1 Å². The van der Waals surface area contributed by atoms with Crippen molar-refractivity contribution >= 4 is 28.7 Å². The Morgan fingerprint density at radius 2 is 1.72 bits per heavy atom. The Bertz CT molecular complexity index is 1110. The van der Waals surface area contributed by atoms with Crippen molar-refractivity contribution in [1.82, 2.24) is 0 Å². The average molecular weight is 386 g/mol. The minimum absolute atomic E-state index is 0.0268. The molecule has 0 aromatic heterocycles. The molecule has 1 N–H and O–H groups in total. The van der Waals surface area contributed by atoms with Crippen molar-refractivity contribution in [1.29, 1.82) is 0 Å². The molecule has 0 unspecified atom stereocenters. The predicted octanol–water partition coefficient (Wildman–Crippen LogP) is 4.94. The van der Waals surface area contributed by atoms with Gasteiger partial charge >= 0.3 is 0 Å². The van der Waals surface area contributed by atoms with Gasteiger partial charge in [-0.2, -0.15) is 0 Å². The van der Waals surface area contributed by atoms with E-state index >= 15 is 0 Å². The SMILES string of the molecule is CCOc1ccc2c(c1)NC(c1ccc([N+](=O)[O-])cc1)=NC(c1ccccc1)=N2. The van der Waals surface area contributed by atoms with Gasteiger partial charge in [0.1, 0.15) is 11.6 Å². The van der Waals surface area contributed by atoms with Crippen LogP contribution in [0.3, 0.4) is 0 Å². The van der Waals surface area contributed by atoms with E-state index in [-0.39, 0.29) is 5.69 Å². The van der Waals surface area contributed by atoms with E-state index in [0.717, 1.165) is 22.7 Å². The highest BCUT2D eigenvalue weighted by Crippen LogP contribution is 2.33. The summed E-state index contributed by atoms with van der Waals surface area (Å²) in [5.74, 6) is 1.82. The third-order valence-electron chi connectivity index (χ3n) is 4.36. The van der Waals surface area contributed by atoms with Crippen molar-refractivity contribution in [2.24, 2.45) is 9.98 Å². The van der Waals surface area contributed by atoms with Gasteiger partial charge in [-0.25, -0.2) is 9.98 Å². The summed E-state index contributed by atoms with van der Waals surface area (Å²) in [4.78, 5) is 20.0. The first kappa shape index (κ1) is 18.4. The maximum Gasteiger partial charge on any atom is 0.269 e. The van der Waals surface area contributed by atoms with Crippen LogP contribution in [0.25, 0.3) is 0 Å². The maximum absolute atomic E-state index is 11.0. The Morgan fingerprint density at radius 1 is 0.966 bits per heavy atom. The van der Waals surface area contributed by atoms with Gasteiger partial charge in [-0.15, -0.1) is 0 Å². The maximum atomic E-state index is 11.0. The van der Waals surface area contributed by atoms with Gasteiger partial charge in [0.05, 0.1) is 22.9 Å². The summed E-state index contributed by atoms with van der Waals surface area (Å²) in [7, 11) is 0. The predicted molar refractivity (Wildman–Crippen MR) is 114 cm³/mol. The lowest BCUT2D eigenvalue weighted by molar-refractivity contribution is -0.384. The molecule has 3 aromatic carbocycles. The summed E-state index contributed by atoms with van der Waals surface area (Å²) in [6, 6.07) is 21.5. The summed E-state index contributed by atoms with van der Waals surface area (Å²) in [6.07, 6.45) is 0. The molecule has 1 heterocycles. The minimum atomic E-state index is -0.424. The van der Waals surface area contributed by atoms with Gasteiger partial charge in [0, 0.05) is 29.3 Å².